The Balaban J connectivity index is 2.22. The molecule has 0 atom stereocenters. The van der Waals surface area contributed by atoms with Crippen molar-refractivity contribution in [1.82, 2.24) is 0 Å². The molecule has 8 heteroatoms. The van der Waals surface area contributed by atoms with Crippen molar-refractivity contribution in [1.29, 1.82) is 0 Å². The van der Waals surface area contributed by atoms with Gasteiger partial charge in [0.2, 0.25) is 0 Å². The Bertz CT molecular complexity index is 787. The molecule has 2 rings (SSSR count). The van der Waals surface area contributed by atoms with Crippen LogP contribution in [0.15, 0.2) is 36.4 Å². The molecule has 2 aromatic carbocycles. The highest BCUT2D eigenvalue weighted by Crippen LogP contribution is 2.28. The average Bonchev–Trinajstić information content (AvgIpc) is 2.53. The van der Waals surface area contributed by atoms with Gasteiger partial charge in [0, 0.05) is 19.4 Å². The lowest BCUT2D eigenvalue weighted by Crippen LogP contribution is -2.34. The van der Waals surface area contributed by atoms with E-state index in [2.05, 4.69) is 0 Å². The molecule has 25 heavy (non-hydrogen) atoms. The summed E-state index contributed by atoms with van der Waals surface area (Å²) in [4.78, 5) is 34.4. The Labute approximate surface area is 146 Å². The van der Waals surface area contributed by atoms with Crippen LogP contribution in [0, 0.1) is 0 Å². The number of rotatable bonds is 6. The van der Waals surface area contributed by atoms with Crippen molar-refractivity contribution in [2.45, 2.75) is 20.3 Å². The van der Waals surface area contributed by atoms with E-state index in [1.165, 1.54) is 7.11 Å². The molecule has 0 fully saturated rings. The van der Waals surface area contributed by atoms with Crippen LogP contribution in [0.2, 0.25) is 0 Å². The molecule has 0 aliphatic carbocycles. The molecule has 0 N–H and O–H groups in total. The van der Waals surface area contributed by atoms with Gasteiger partial charge < -0.3 is 18.0 Å². The van der Waals surface area contributed by atoms with Crippen molar-refractivity contribution >= 4 is 38.2 Å². The number of benzene rings is 2. The molecular formula is C17H17O7Si. The molecule has 0 heterocycles. The van der Waals surface area contributed by atoms with Gasteiger partial charge >= 0.3 is 15.5 Å². The summed E-state index contributed by atoms with van der Waals surface area (Å²) >= 11 is 0. The number of ether oxygens (including phenoxy) is 1. The molecule has 0 saturated heterocycles. The van der Waals surface area contributed by atoms with Crippen LogP contribution in [0.4, 0.5) is 0 Å². The molecular weight excluding hydrogens is 344 g/mol. The topological polar surface area (TPSA) is 88.1 Å². The third-order valence-electron chi connectivity index (χ3n) is 3.19. The second kappa shape index (κ2) is 8.29. The first kappa shape index (κ1) is 18.5. The quantitative estimate of drug-likeness (QED) is 0.728. The first-order chi connectivity index (χ1) is 11.9. The third-order valence-corrected chi connectivity index (χ3v) is 4.49. The van der Waals surface area contributed by atoms with Gasteiger partial charge in [-0.15, -0.1) is 0 Å². The van der Waals surface area contributed by atoms with Gasteiger partial charge in [0.15, 0.2) is 0 Å². The average molecular weight is 361 g/mol. The van der Waals surface area contributed by atoms with Crippen LogP contribution >= 0.6 is 0 Å². The van der Waals surface area contributed by atoms with E-state index in [0.717, 1.165) is 24.6 Å². The lowest BCUT2D eigenvalue weighted by molar-refractivity contribution is -0.145. The van der Waals surface area contributed by atoms with E-state index in [-0.39, 0.29) is 6.42 Å². The Morgan fingerprint density at radius 2 is 1.56 bits per heavy atom. The van der Waals surface area contributed by atoms with E-state index in [0.29, 0.717) is 11.3 Å². The summed E-state index contributed by atoms with van der Waals surface area (Å²) in [7, 11) is -1.32. The fourth-order valence-electron chi connectivity index (χ4n) is 2.26. The number of fused-ring (bicyclic) bond motifs is 1. The van der Waals surface area contributed by atoms with Gasteiger partial charge in [0.1, 0.15) is 5.75 Å². The summed E-state index contributed by atoms with van der Waals surface area (Å²) < 4.78 is 19.9. The van der Waals surface area contributed by atoms with Crippen LogP contribution < -0.4 is 4.74 Å². The minimum Gasteiger partial charge on any atom is -0.496 e. The van der Waals surface area contributed by atoms with E-state index in [1.54, 1.807) is 6.07 Å². The van der Waals surface area contributed by atoms with Crippen LogP contribution in [0.25, 0.3) is 10.8 Å². The van der Waals surface area contributed by atoms with Crippen LogP contribution in [0.1, 0.15) is 19.4 Å². The minimum absolute atomic E-state index is 0.124. The highest BCUT2D eigenvalue weighted by Gasteiger charge is 2.33. The van der Waals surface area contributed by atoms with E-state index < -0.39 is 27.4 Å². The van der Waals surface area contributed by atoms with Crippen molar-refractivity contribution in [3.8, 4) is 5.75 Å². The van der Waals surface area contributed by atoms with Crippen molar-refractivity contribution < 1.29 is 32.4 Å². The highest BCUT2D eigenvalue weighted by molar-refractivity contribution is 6.44. The molecule has 1 radical (unpaired) electrons. The van der Waals surface area contributed by atoms with Crippen molar-refractivity contribution in [2.24, 2.45) is 0 Å². The zero-order valence-electron chi connectivity index (χ0n) is 14.0. The number of carbonyl (C=O) groups excluding carboxylic acids is 3. The largest absolute Gasteiger partial charge is 0.824 e. The normalized spacial score (nSPS) is 10.4. The Kier molecular flexibility index (Phi) is 6.12. The summed E-state index contributed by atoms with van der Waals surface area (Å²) in [6.45, 7) is 2.27. The third kappa shape index (κ3) is 5.05. The SMILES string of the molecule is COc1ccc2ccccc2c1CC(=O)O[Si](OC(C)=O)OC(C)=O. The molecule has 0 aliphatic heterocycles. The fraction of sp³-hybridized carbons (Fsp3) is 0.235. The van der Waals surface area contributed by atoms with Crippen LogP contribution in [0.5, 0.6) is 5.75 Å². The smallest absolute Gasteiger partial charge is 0.496 e. The van der Waals surface area contributed by atoms with Gasteiger partial charge in [-0.1, -0.05) is 30.3 Å². The molecule has 0 saturated carbocycles. The van der Waals surface area contributed by atoms with Crippen LogP contribution in [-0.4, -0.2) is 34.5 Å². The Morgan fingerprint density at radius 1 is 0.920 bits per heavy atom. The van der Waals surface area contributed by atoms with Crippen LogP contribution in [-0.2, 0) is 34.1 Å². The molecule has 0 aliphatic rings. The molecule has 0 amide bonds. The standard InChI is InChI=1S/C17H17O7Si/c1-11(18)22-25(23-12(2)19)24-17(20)10-15-14-7-5-4-6-13(14)8-9-16(15)21-3/h4-9H,10H2,1-3H3. The zero-order valence-corrected chi connectivity index (χ0v) is 15.0. The summed E-state index contributed by atoms with van der Waals surface area (Å²) in [6, 6.07) is 11.2. The first-order valence-corrected chi connectivity index (χ1v) is 8.62. The lowest BCUT2D eigenvalue weighted by Gasteiger charge is -2.14. The van der Waals surface area contributed by atoms with Gasteiger partial charge in [-0.2, -0.15) is 0 Å². The van der Waals surface area contributed by atoms with Gasteiger partial charge in [-0.25, -0.2) is 0 Å². The minimum atomic E-state index is -2.82. The van der Waals surface area contributed by atoms with Gasteiger partial charge in [-0.05, 0) is 16.8 Å². The number of carbonyl (C=O) groups is 3. The van der Waals surface area contributed by atoms with Gasteiger partial charge in [0.25, 0.3) is 11.9 Å². The maximum Gasteiger partial charge on any atom is 0.824 e. The van der Waals surface area contributed by atoms with Crippen molar-refractivity contribution in [3.63, 3.8) is 0 Å². The Hall–Kier alpha value is -2.87. The number of methoxy groups -OCH3 is 1. The molecule has 0 bridgehead atoms. The maximum absolute atomic E-state index is 12.3. The molecule has 2 aromatic rings. The summed E-state index contributed by atoms with van der Waals surface area (Å²) in [6.07, 6.45) is -0.124. The van der Waals surface area contributed by atoms with Crippen LogP contribution in [0.3, 0.4) is 0 Å². The molecule has 0 unspecified atom stereocenters. The first-order valence-electron chi connectivity index (χ1n) is 7.39. The molecule has 7 nitrogen and oxygen atoms in total. The van der Waals surface area contributed by atoms with Crippen molar-refractivity contribution in [3.05, 3.63) is 42.0 Å². The zero-order chi connectivity index (χ0) is 18.4. The Morgan fingerprint density at radius 3 is 2.16 bits per heavy atom. The van der Waals surface area contributed by atoms with Gasteiger partial charge in [0.05, 0.1) is 13.5 Å². The van der Waals surface area contributed by atoms with E-state index in [1.807, 2.05) is 30.3 Å². The monoisotopic (exact) mass is 361 g/mol. The lowest BCUT2D eigenvalue weighted by atomic mass is 10.0. The predicted octanol–water partition coefficient (Wildman–Crippen LogP) is 2.05. The molecule has 0 aromatic heterocycles. The molecule has 0 spiro atoms. The van der Waals surface area contributed by atoms with E-state index in [9.17, 15) is 14.4 Å². The van der Waals surface area contributed by atoms with Gasteiger partial charge in [-0.3, -0.25) is 14.4 Å². The fourth-order valence-corrected chi connectivity index (χ4v) is 3.11. The second-order valence-corrected chi connectivity index (χ2v) is 6.17. The van der Waals surface area contributed by atoms with E-state index in [4.69, 9.17) is 18.0 Å². The highest BCUT2D eigenvalue weighted by atomic mass is 28.3. The number of hydrogen-bond donors (Lipinski definition) is 0. The summed E-state index contributed by atoms with van der Waals surface area (Å²) in [5.41, 5.74) is 0.637. The number of hydrogen-bond acceptors (Lipinski definition) is 7. The van der Waals surface area contributed by atoms with Crippen molar-refractivity contribution in [2.75, 3.05) is 7.11 Å². The molecule has 131 valence electrons. The van der Waals surface area contributed by atoms with E-state index >= 15 is 0 Å². The maximum atomic E-state index is 12.3. The summed E-state index contributed by atoms with van der Waals surface area (Å²) in [5, 5.41) is 1.78. The summed E-state index contributed by atoms with van der Waals surface area (Å²) in [5.74, 6) is -1.56. The predicted molar refractivity (Wildman–Crippen MR) is 89.6 cm³/mol. The second-order valence-electron chi connectivity index (χ2n) is 5.06.